The zero-order chi connectivity index (χ0) is 8.93. The average Bonchev–Trinajstić information content (AvgIpc) is 2.69. The summed E-state index contributed by atoms with van der Waals surface area (Å²) >= 11 is 0. The molecule has 1 N–H and O–H groups in total. The Morgan fingerprint density at radius 2 is 2.07 bits per heavy atom. The third-order valence-corrected chi connectivity index (χ3v) is 3.36. The Hall–Kier alpha value is 0.210. The van der Waals surface area contributed by atoms with Crippen molar-refractivity contribution in [2.24, 2.45) is 5.92 Å². The molecule has 0 aromatic rings. The van der Waals surface area contributed by atoms with Crippen molar-refractivity contribution >= 4 is 12.4 Å². The molecule has 2 aliphatic rings. The van der Waals surface area contributed by atoms with Crippen LogP contribution in [0.2, 0.25) is 0 Å². The molecule has 2 atom stereocenters. The Balaban J connectivity index is 0.000000980. The van der Waals surface area contributed by atoms with Crippen LogP contribution in [0.5, 0.6) is 0 Å². The molecule has 0 bridgehead atoms. The lowest BCUT2D eigenvalue weighted by molar-refractivity contribution is 0.182. The van der Waals surface area contributed by atoms with E-state index in [1.165, 1.54) is 45.1 Å². The van der Waals surface area contributed by atoms with Crippen molar-refractivity contribution < 1.29 is 4.74 Å². The van der Waals surface area contributed by atoms with Gasteiger partial charge in [0, 0.05) is 19.3 Å². The largest absolute Gasteiger partial charge is 0.381 e. The average molecular weight is 220 g/mol. The molecule has 2 unspecified atom stereocenters. The van der Waals surface area contributed by atoms with Crippen LogP contribution in [0.25, 0.3) is 0 Å². The van der Waals surface area contributed by atoms with E-state index >= 15 is 0 Å². The highest BCUT2D eigenvalue weighted by Crippen LogP contribution is 2.21. The molecule has 2 heterocycles. The van der Waals surface area contributed by atoms with Crippen molar-refractivity contribution in [3.63, 3.8) is 0 Å². The van der Waals surface area contributed by atoms with E-state index in [0.717, 1.165) is 25.2 Å². The number of rotatable bonds is 3. The van der Waals surface area contributed by atoms with E-state index in [1.807, 2.05) is 0 Å². The van der Waals surface area contributed by atoms with Gasteiger partial charge in [0.25, 0.3) is 0 Å². The Labute approximate surface area is 93.2 Å². The Morgan fingerprint density at radius 1 is 1.14 bits per heavy atom. The molecule has 2 nitrogen and oxygen atoms in total. The van der Waals surface area contributed by atoms with E-state index in [1.54, 1.807) is 0 Å². The number of hydrogen-bond acceptors (Lipinski definition) is 2. The molecule has 0 spiro atoms. The quantitative estimate of drug-likeness (QED) is 0.787. The third kappa shape index (κ3) is 3.76. The molecule has 84 valence electrons. The summed E-state index contributed by atoms with van der Waals surface area (Å²) in [6.07, 6.45) is 8.24. The van der Waals surface area contributed by atoms with Crippen molar-refractivity contribution in [2.75, 3.05) is 19.8 Å². The summed E-state index contributed by atoms with van der Waals surface area (Å²) in [4.78, 5) is 0. The molecule has 0 aromatic heterocycles. The summed E-state index contributed by atoms with van der Waals surface area (Å²) in [7, 11) is 0. The highest BCUT2D eigenvalue weighted by molar-refractivity contribution is 5.85. The Bertz CT molecular complexity index is 142. The van der Waals surface area contributed by atoms with Gasteiger partial charge in [-0.25, -0.2) is 0 Å². The molecule has 14 heavy (non-hydrogen) atoms. The highest BCUT2D eigenvalue weighted by Gasteiger charge is 2.18. The van der Waals surface area contributed by atoms with E-state index in [9.17, 15) is 0 Å². The van der Waals surface area contributed by atoms with Gasteiger partial charge in [0.1, 0.15) is 0 Å². The second-order valence-electron chi connectivity index (χ2n) is 4.45. The molecular weight excluding hydrogens is 198 g/mol. The van der Waals surface area contributed by atoms with Gasteiger partial charge in [0.15, 0.2) is 0 Å². The topological polar surface area (TPSA) is 21.3 Å². The zero-order valence-corrected chi connectivity index (χ0v) is 9.65. The Kier molecular flexibility index (Phi) is 5.83. The van der Waals surface area contributed by atoms with Gasteiger partial charge >= 0.3 is 0 Å². The fourth-order valence-corrected chi connectivity index (χ4v) is 2.42. The van der Waals surface area contributed by atoms with Crippen LogP contribution in [0, 0.1) is 5.92 Å². The fraction of sp³-hybridized carbons (Fsp3) is 1.00. The minimum absolute atomic E-state index is 0. The molecule has 2 fully saturated rings. The number of piperidine rings is 1. The van der Waals surface area contributed by atoms with E-state index in [4.69, 9.17) is 4.74 Å². The summed E-state index contributed by atoms with van der Waals surface area (Å²) < 4.78 is 5.38. The molecular formula is C11H22ClNO. The van der Waals surface area contributed by atoms with Crippen LogP contribution in [-0.2, 0) is 4.74 Å². The first-order valence-electron chi connectivity index (χ1n) is 5.76. The third-order valence-electron chi connectivity index (χ3n) is 3.36. The van der Waals surface area contributed by atoms with Gasteiger partial charge in [0.2, 0.25) is 0 Å². The van der Waals surface area contributed by atoms with E-state index < -0.39 is 0 Å². The summed E-state index contributed by atoms with van der Waals surface area (Å²) in [5, 5.41) is 3.60. The summed E-state index contributed by atoms with van der Waals surface area (Å²) in [5.41, 5.74) is 0. The van der Waals surface area contributed by atoms with E-state index in [0.29, 0.717) is 0 Å². The van der Waals surface area contributed by atoms with Crippen LogP contribution >= 0.6 is 12.4 Å². The van der Waals surface area contributed by atoms with E-state index in [-0.39, 0.29) is 12.4 Å². The molecule has 3 heteroatoms. The van der Waals surface area contributed by atoms with Crippen LogP contribution in [0.15, 0.2) is 0 Å². The maximum atomic E-state index is 5.38. The van der Waals surface area contributed by atoms with Crippen molar-refractivity contribution in [1.29, 1.82) is 0 Å². The second-order valence-corrected chi connectivity index (χ2v) is 4.45. The molecule has 0 aliphatic carbocycles. The van der Waals surface area contributed by atoms with Crippen LogP contribution in [-0.4, -0.2) is 25.8 Å². The van der Waals surface area contributed by atoms with Crippen LogP contribution in [0.3, 0.4) is 0 Å². The van der Waals surface area contributed by atoms with Crippen molar-refractivity contribution in [3.05, 3.63) is 0 Å². The molecule has 2 rings (SSSR count). The monoisotopic (exact) mass is 219 g/mol. The molecule has 0 radical (unpaired) electrons. The normalized spacial score (nSPS) is 32.6. The van der Waals surface area contributed by atoms with Crippen LogP contribution < -0.4 is 5.32 Å². The predicted molar refractivity (Wildman–Crippen MR) is 61.0 cm³/mol. The number of nitrogens with one attached hydrogen (secondary N) is 1. The van der Waals surface area contributed by atoms with Gasteiger partial charge in [-0.05, 0) is 44.6 Å². The summed E-state index contributed by atoms with van der Waals surface area (Å²) in [6.45, 7) is 3.27. The lowest BCUT2D eigenvalue weighted by atomic mass is 9.95. The molecule has 0 amide bonds. The van der Waals surface area contributed by atoms with Gasteiger partial charge in [-0.15, -0.1) is 12.4 Å². The van der Waals surface area contributed by atoms with Gasteiger partial charge < -0.3 is 10.1 Å². The zero-order valence-electron chi connectivity index (χ0n) is 8.84. The van der Waals surface area contributed by atoms with Crippen molar-refractivity contribution in [2.45, 2.75) is 44.6 Å². The first-order chi connectivity index (χ1) is 6.45. The number of ether oxygens (including phenoxy) is 1. The molecule has 2 saturated heterocycles. The lowest BCUT2D eigenvalue weighted by Crippen LogP contribution is -2.34. The molecule has 0 aromatic carbocycles. The first kappa shape index (κ1) is 12.3. The number of halogens is 1. The summed E-state index contributed by atoms with van der Waals surface area (Å²) in [6, 6.07) is 0.814. The highest BCUT2D eigenvalue weighted by atomic mass is 35.5. The van der Waals surface area contributed by atoms with Gasteiger partial charge in [-0.3, -0.25) is 0 Å². The van der Waals surface area contributed by atoms with Crippen molar-refractivity contribution in [3.8, 4) is 0 Å². The van der Waals surface area contributed by atoms with Gasteiger partial charge in [-0.2, -0.15) is 0 Å². The van der Waals surface area contributed by atoms with Gasteiger partial charge in [0.05, 0.1) is 0 Å². The predicted octanol–water partition coefficient (Wildman–Crippen LogP) is 2.37. The van der Waals surface area contributed by atoms with Crippen molar-refractivity contribution in [1.82, 2.24) is 5.32 Å². The lowest BCUT2D eigenvalue weighted by Gasteiger charge is -2.24. The maximum Gasteiger partial charge on any atom is 0.0495 e. The van der Waals surface area contributed by atoms with Gasteiger partial charge in [-0.1, -0.05) is 6.42 Å². The Morgan fingerprint density at radius 3 is 2.71 bits per heavy atom. The smallest absolute Gasteiger partial charge is 0.0495 e. The van der Waals surface area contributed by atoms with Crippen LogP contribution in [0.1, 0.15) is 38.5 Å². The summed E-state index contributed by atoms with van der Waals surface area (Å²) in [5.74, 6) is 0.865. The second kappa shape index (κ2) is 6.65. The number of hydrogen-bond donors (Lipinski definition) is 1. The van der Waals surface area contributed by atoms with E-state index in [2.05, 4.69) is 5.32 Å². The maximum absolute atomic E-state index is 5.38. The SMILES string of the molecule is C1CCC(CCC2CCOC2)NC1.Cl. The first-order valence-corrected chi connectivity index (χ1v) is 5.76. The van der Waals surface area contributed by atoms with Crippen LogP contribution in [0.4, 0.5) is 0 Å². The fourth-order valence-electron chi connectivity index (χ4n) is 2.42. The minimum Gasteiger partial charge on any atom is -0.381 e. The molecule has 2 aliphatic heterocycles. The minimum atomic E-state index is 0. The standard InChI is InChI=1S/C11H21NO.ClH/c1-2-7-12-11(3-1)5-4-10-6-8-13-9-10;/h10-12H,1-9H2;1H. The molecule has 0 saturated carbocycles.